The second-order valence-corrected chi connectivity index (χ2v) is 3.87. The van der Waals surface area contributed by atoms with Gasteiger partial charge in [0.25, 0.3) is 5.69 Å². The monoisotopic (exact) mass is 316 g/mol. The van der Waals surface area contributed by atoms with Crippen LogP contribution in [0.15, 0.2) is 30.7 Å². The van der Waals surface area contributed by atoms with Gasteiger partial charge in [-0.3, -0.25) is 10.1 Å². The highest BCUT2D eigenvalue weighted by molar-refractivity contribution is 14.1. The van der Waals surface area contributed by atoms with E-state index in [4.69, 9.17) is 0 Å². The van der Waals surface area contributed by atoms with Gasteiger partial charge in [0.05, 0.1) is 8.49 Å². The molecule has 7 heteroatoms. The fourth-order valence-corrected chi connectivity index (χ4v) is 1.79. The molecule has 0 radical (unpaired) electrons. The minimum atomic E-state index is -0.470. The van der Waals surface area contributed by atoms with Crippen LogP contribution >= 0.6 is 22.6 Å². The molecule has 0 aromatic carbocycles. The maximum atomic E-state index is 10.5. The van der Waals surface area contributed by atoms with Crippen LogP contribution in [0.4, 0.5) is 5.69 Å². The van der Waals surface area contributed by atoms with E-state index in [1.807, 2.05) is 22.6 Å². The number of nitrogens with zero attached hydrogens (tertiary/aromatic N) is 4. The molecule has 0 aliphatic carbocycles. The molecule has 6 nitrogen and oxygen atoms in total. The van der Waals surface area contributed by atoms with Gasteiger partial charge in [0.2, 0.25) is 0 Å². The summed E-state index contributed by atoms with van der Waals surface area (Å²) in [5.41, 5.74) is -0.0182. The lowest BCUT2D eigenvalue weighted by Gasteiger charge is -2.02. The average molecular weight is 316 g/mol. The number of hydrogen-bond donors (Lipinski definition) is 0. The Balaban J connectivity index is 2.48. The van der Waals surface area contributed by atoms with E-state index in [0.29, 0.717) is 9.39 Å². The molecule has 15 heavy (non-hydrogen) atoms. The molecule has 0 unspecified atom stereocenters. The third-order valence-corrected chi connectivity index (χ3v) is 2.53. The molecule has 0 aliphatic heterocycles. The quantitative estimate of drug-likeness (QED) is 0.481. The summed E-state index contributed by atoms with van der Waals surface area (Å²) in [6, 6.07) is 3.23. The van der Waals surface area contributed by atoms with Crippen molar-refractivity contribution in [2.75, 3.05) is 0 Å². The van der Waals surface area contributed by atoms with Gasteiger partial charge in [-0.15, -0.1) is 0 Å². The van der Waals surface area contributed by atoms with E-state index in [-0.39, 0.29) is 5.69 Å². The zero-order valence-corrected chi connectivity index (χ0v) is 9.53. The highest BCUT2D eigenvalue weighted by atomic mass is 127. The second-order valence-electron chi connectivity index (χ2n) is 2.71. The third-order valence-electron chi connectivity index (χ3n) is 1.74. The van der Waals surface area contributed by atoms with Gasteiger partial charge in [0, 0.05) is 18.5 Å². The summed E-state index contributed by atoms with van der Waals surface area (Å²) >= 11 is 1.99. The molecule has 2 aromatic heterocycles. The van der Waals surface area contributed by atoms with Crippen molar-refractivity contribution >= 4 is 28.3 Å². The lowest BCUT2D eigenvalue weighted by molar-refractivity contribution is -0.385. The molecule has 2 aromatic rings. The van der Waals surface area contributed by atoms with Crippen LogP contribution in [-0.2, 0) is 0 Å². The van der Waals surface area contributed by atoms with Crippen molar-refractivity contribution < 1.29 is 4.92 Å². The van der Waals surface area contributed by atoms with E-state index in [1.165, 1.54) is 12.3 Å². The van der Waals surface area contributed by atoms with Gasteiger partial charge in [-0.25, -0.2) is 9.67 Å². The summed E-state index contributed by atoms with van der Waals surface area (Å²) in [6.45, 7) is 0. The summed E-state index contributed by atoms with van der Waals surface area (Å²) in [7, 11) is 0. The number of nitro groups is 1. The molecule has 2 heterocycles. The van der Waals surface area contributed by atoms with E-state index in [9.17, 15) is 10.1 Å². The largest absolute Gasteiger partial charge is 0.288 e. The molecule has 0 fully saturated rings. The van der Waals surface area contributed by atoms with Crippen molar-refractivity contribution in [1.29, 1.82) is 0 Å². The Kier molecular flexibility index (Phi) is 2.62. The molecule has 0 saturated carbocycles. The Labute approximate surface area is 98.2 Å². The minimum absolute atomic E-state index is 0.0182. The van der Waals surface area contributed by atoms with Crippen LogP contribution in [0.5, 0.6) is 0 Å². The van der Waals surface area contributed by atoms with Crippen molar-refractivity contribution in [2.24, 2.45) is 0 Å². The molecular formula is C8H5IN4O2. The zero-order valence-electron chi connectivity index (χ0n) is 7.37. The average Bonchev–Trinajstić information content (AvgIpc) is 2.70. The Bertz CT molecular complexity index is 497. The van der Waals surface area contributed by atoms with Gasteiger partial charge in [-0.1, -0.05) is 0 Å². The van der Waals surface area contributed by atoms with E-state index >= 15 is 0 Å². The van der Waals surface area contributed by atoms with E-state index in [0.717, 1.165) is 0 Å². The minimum Gasteiger partial charge on any atom is -0.258 e. The van der Waals surface area contributed by atoms with Crippen molar-refractivity contribution in [3.05, 3.63) is 44.4 Å². The molecule has 0 spiro atoms. The molecule has 0 amide bonds. The standard InChI is InChI=1S/C8H5IN4O2/c9-7-4-6(13(14)15)5-10-8(7)12-3-1-2-11-12/h1-5H. The van der Waals surface area contributed by atoms with Gasteiger partial charge < -0.3 is 0 Å². The molecule has 0 bridgehead atoms. The van der Waals surface area contributed by atoms with Gasteiger partial charge >= 0.3 is 0 Å². The predicted octanol–water partition coefficient (Wildman–Crippen LogP) is 1.78. The summed E-state index contributed by atoms with van der Waals surface area (Å²) < 4.78 is 2.25. The topological polar surface area (TPSA) is 73.8 Å². The summed E-state index contributed by atoms with van der Waals surface area (Å²) in [5, 5.41) is 14.5. The first kappa shape index (κ1) is 10.0. The first-order valence-electron chi connectivity index (χ1n) is 3.98. The van der Waals surface area contributed by atoms with E-state index in [1.54, 1.807) is 23.1 Å². The number of halogens is 1. The predicted molar refractivity (Wildman–Crippen MR) is 60.7 cm³/mol. The van der Waals surface area contributed by atoms with Crippen molar-refractivity contribution in [1.82, 2.24) is 14.8 Å². The Morgan fingerprint density at radius 1 is 1.53 bits per heavy atom. The van der Waals surface area contributed by atoms with Gasteiger partial charge in [0.1, 0.15) is 6.20 Å². The Morgan fingerprint density at radius 2 is 2.33 bits per heavy atom. The normalized spacial score (nSPS) is 10.2. The van der Waals surface area contributed by atoms with Crippen LogP contribution in [-0.4, -0.2) is 19.7 Å². The van der Waals surface area contributed by atoms with Crippen molar-refractivity contribution in [3.8, 4) is 5.82 Å². The molecule has 0 aliphatic rings. The highest BCUT2D eigenvalue weighted by Crippen LogP contribution is 2.19. The maximum Gasteiger partial charge on any atom is 0.288 e. The summed E-state index contributed by atoms with van der Waals surface area (Å²) in [5.74, 6) is 0.589. The van der Waals surface area contributed by atoms with Crippen LogP contribution in [0, 0.1) is 13.7 Å². The lowest BCUT2D eigenvalue weighted by atomic mass is 10.4. The first-order chi connectivity index (χ1) is 7.18. The molecule has 0 atom stereocenters. The lowest BCUT2D eigenvalue weighted by Crippen LogP contribution is -2.01. The van der Waals surface area contributed by atoms with Crippen LogP contribution < -0.4 is 0 Å². The second kappa shape index (κ2) is 3.93. The van der Waals surface area contributed by atoms with E-state index < -0.39 is 4.92 Å². The fraction of sp³-hybridized carbons (Fsp3) is 0. The Hall–Kier alpha value is -1.51. The van der Waals surface area contributed by atoms with Crippen LogP contribution in [0.2, 0.25) is 0 Å². The smallest absolute Gasteiger partial charge is 0.258 e. The van der Waals surface area contributed by atoms with Crippen LogP contribution in [0.3, 0.4) is 0 Å². The van der Waals surface area contributed by atoms with Crippen LogP contribution in [0.1, 0.15) is 0 Å². The SMILES string of the molecule is O=[N+]([O-])c1cnc(-n2cccn2)c(I)c1. The van der Waals surface area contributed by atoms with Crippen molar-refractivity contribution in [3.63, 3.8) is 0 Å². The van der Waals surface area contributed by atoms with Gasteiger partial charge in [0.15, 0.2) is 5.82 Å². The number of hydrogen-bond acceptors (Lipinski definition) is 4. The third kappa shape index (κ3) is 1.96. The van der Waals surface area contributed by atoms with E-state index in [2.05, 4.69) is 10.1 Å². The maximum absolute atomic E-state index is 10.5. The summed E-state index contributed by atoms with van der Waals surface area (Å²) in [4.78, 5) is 14.0. The fourth-order valence-electron chi connectivity index (χ4n) is 1.08. The highest BCUT2D eigenvalue weighted by Gasteiger charge is 2.11. The molecule has 2 rings (SSSR count). The molecule has 76 valence electrons. The number of pyridine rings is 1. The number of aromatic nitrogens is 3. The summed E-state index contributed by atoms with van der Waals surface area (Å²) in [6.07, 6.45) is 4.58. The van der Waals surface area contributed by atoms with Crippen molar-refractivity contribution in [2.45, 2.75) is 0 Å². The number of rotatable bonds is 2. The van der Waals surface area contributed by atoms with Crippen LogP contribution in [0.25, 0.3) is 5.82 Å². The molecule has 0 N–H and O–H groups in total. The van der Waals surface area contributed by atoms with Gasteiger partial charge in [-0.05, 0) is 28.7 Å². The first-order valence-corrected chi connectivity index (χ1v) is 5.06. The zero-order chi connectivity index (χ0) is 10.8. The molecule has 0 saturated heterocycles. The molecular weight excluding hydrogens is 311 g/mol. The Morgan fingerprint density at radius 3 is 2.87 bits per heavy atom. The van der Waals surface area contributed by atoms with Gasteiger partial charge in [-0.2, -0.15) is 5.10 Å².